The van der Waals surface area contributed by atoms with E-state index in [1.54, 1.807) is 20.3 Å². The molecule has 35 heavy (non-hydrogen) atoms. The largest absolute Gasteiger partial charge is 0.496 e. The van der Waals surface area contributed by atoms with Crippen LogP contribution in [0.15, 0.2) is 54.6 Å². The maximum atomic E-state index is 13.3. The van der Waals surface area contributed by atoms with Gasteiger partial charge in [-0.1, -0.05) is 48.0 Å². The third-order valence-corrected chi connectivity index (χ3v) is 7.68. The smallest absolute Gasteiger partial charge is 0.417 e. The van der Waals surface area contributed by atoms with Crippen molar-refractivity contribution in [3.05, 3.63) is 81.9 Å². The molecule has 0 spiro atoms. The number of halogens is 4. The molecule has 4 aromatic carbocycles. The molecule has 1 aliphatic carbocycles. The molecule has 1 aliphatic rings. The maximum Gasteiger partial charge on any atom is 0.417 e. The zero-order chi connectivity index (χ0) is 24.7. The second-order valence-corrected chi connectivity index (χ2v) is 9.47. The third-order valence-electron chi connectivity index (χ3n) is 7.24. The van der Waals surface area contributed by atoms with E-state index in [-0.39, 0.29) is 10.9 Å². The van der Waals surface area contributed by atoms with Crippen molar-refractivity contribution in [2.75, 3.05) is 14.2 Å². The zero-order valence-corrected chi connectivity index (χ0v) is 20.4. The predicted octanol–water partition coefficient (Wildman–Crippen LogP) is 8.74. The van der Waals surface area contributed by atoms with Gasteiger partial charge in [0.2, 0.25) is 0 Å². The van der Waals surface area contributed by atoms with Gasteiger partial charge in [-0.3, -0.25) is 0 Å². The average molecular weight is 499 g/mol. The summed E-state index contributed by atoms with van der Waals surface area (Å²) in [5.41, 5.74) is 2.36. The van der Waals surface area contributed by atoms with Crippen LogP contribution in [0, 0.1) is 0 Å². The van der Waals surface area contributed by atoms with Crippen molar-refractivity contribution in [2.24, 2.45) is 0 Å². The van der Waals surface area contributed by atoms with Gasteiger partial charge in [0.1, 0.15) is 11.5 Å². The summed E-state index contributed by atoms with van der Waals surface area (Å²) in [7, 11) is 3.33. The predicted molar refractivity (Wildman–Crippen MR) is 135 cm³/mol. The SMILES string of the molecule is COc1cccc2c1c(OC)cc1c3c(ccc12)C(CCc1cccc(C(F)(F)F)c1Cl)CCC3. The number of aryl methyl sites for hydroxylation is 2. The number of rotatable bonds is 5. The van der Waals surface area contributed by atoms with Crippen LogP contribution in [0.4, 0.5) is 13.2 Å². The maximum absolute atomic E-state index is 13.3. The Bertz CT molecular complexity index is 1410. The van der Waals surface area contributed by atoms with Crippen molar-refractivity contribution >= 4 is 33.1 Å². The average Bonchev–Trinajstić information content (AvgIpc) is 2.86. The highest BCUT2D eigenvalue weighted by molar-refractivity contribution is 6.32. The molecule has 182 valence electrons. The fourth-order valence-corrected chi connectivity index (χ4v) is 5.92. The number of methoxy groups -OCH3 is 2. The van der Waals surface area contributed by atoms with Crippen LogP contribution in [0.25, 0.3) is 21.5 Å². The van der Waals surface area contributed by atoms with Crippen molar-refractivity contribution < 1.29 is 22.6 Å². The number of hydrogen-bond acceptors (Lipinski definition) is 2. The van der Waals surface area contributed by atoms with E-state index in [4.69, 9.17) is 21.1 Å². The fraction of sp³-hybridized carbons (Fsp3) is 0.310. The van der Waals surface area contributed by atoms with Crippen LogP contribution in [-0.4, -0.2) is 14.2 Å². The van der Waals surface area contributed by atoms with Crippen LogP contribution < -0.4 is 9.47 Å². The van der Waals surface area contributed by atoms with Crippen molar-refractivity contribution in [3.8, 4) is 11.5 Å². The second kappa shape index (κ2) is 9.27. The summed E-state index contributed by atoms with van der Waals surface area (Å²) in [6, 6.07) is 16.7. The van der Waals surface area contributed by atoms with E-state index in [1.165, 1.54) is 22.6 Å². The first-order valence-electron chi connectivity index (χ1n) is 11.8. The summed E-state index contributed by atoms with van der Waals surface area (Å²) in [6.45, 7) is 0. The molecule has 2 nitrogen and oxygen atoms in total. The van der Waals surface area contributed by atoms with Crippen LogP contribution in [-0.2, 0) is 19.0 Å². The van der Waals surface area contributed by atoms with Crippen molar-refractivity contribution in [3.63, 3.8) is 0 Å². The molecule has 0 saturated heterocycles. The van der Waals surface area contributed by atoms with E-state index in [0.717, 1.165) is 59.4 Å². The minimum absolute atomic E-state index is 0.181. The van der Waals surface area contributed by atoms with Gasteiger partial charge in [-0.15, -0.1) is 0 Å². The molecule has 0 aromatic heterocycles. The minimum atomic E-state index is -4.45. The van der Waals surface area contributed by atoms with Crippen molar-refractivity contribution in [1.29, 1.82) is 0 Å². The summed E-state index contributed by atoms with van der Waals surface area (Å²) in [4.78, 5) is 0. The summed E-state index contributed by atoms with van der Waals surface area (Å²) < 4.78 is 51.2. The van der Waals surface area contributed by atoms with Crippen LogP contribution in [0.2, 0.25) is 5.02 Å². The van der Waals surface area contributed by atoms with Crippen LogP contribution in [0.5, 0.6) is 11.5 Å². The molecular weight excluding hydrogens is 473 g/mol. The van der Waals surface area contributed by atoms with Gasteiger partial charge < -0.3 is 9.47 Å². The molecule has 1 atom stereocenters. The van der Waals surface area contributed by atoms with E-state index in [9.17, 15) is 13.2 Å². The molecule has 5 rings (SSSR count). The number of hydrogen-bond donors (Lipinski definition) is 0. The third kappa shape index (κ3) is 4.20. The van der Waals surface area contributed by atoms with Gasteiger partial charge in [-0.25, -0.2) is 0 Å². The Morgan fingerprint density at radius 2 is 1.69 bits per heavy atom. The highest BCUT2D eigenvalue weighted by Crippen LogP contribution is 2.45. The molecule has 0 N–H and O–H groups in total. The molecule has 0 fully saturated rings. The van der Waals surface area contributed by atoms with Gasteiger partial charge in [0.25, 0.3) is 0 Å². The van der Waals surface area contributed by atoms with Crippen LogP contribution in [0.3, 0.4) is 0 Å². The Kier molecular flexibility index (Phi) is 6.30. The van der Waals surface area contributed by atoms with Gasteiger partial charge in [0.15, 0.2) is 0 Å². The summed E-state index contributed by atoms with van der Waals surface area (Å²) >= 11 is 6.16. The lowest BCUT2D eigenvalue weighted by Gasteiger charge is -2.28. The molecule has 4 aromatic rings. The fourth-order valence-electron chi connectivity index (χ4n) is 5.59. The zero-order valence-electron chi connectivity index (χ0n) is 19.6. The summed E-state index contributed by atoms with van der Waals surface area (Å²) in [6.07, 6.45) is -0.194. The summed E-state index contributed by atoms with van der Waals surface area (Å²) in [5.74, 6) is 1.81. The Morgan fingerprint density at radius 3 is 2.43 bits per heavy atom. The molecule has 0 radical (unpaired) electrons. The van der Waals surface area contributed by atoms with Gasteiger partial charge in [0.05, 0.1) is 30.2 Å². The molecular formula is C29H26ClF3O2. The second-order valence-electron chi connectivity index (χ2n) is 9.09. The van der Waals surface area contributed by atoms with E-state index >= 15 is 0 Å². The Morgan fingerprint density at radius 1 is 0.914 bits per heavy atom. The monoisotopic (exact) mass is 498 g/mol. The molecule has 0 heterocycles. The normalized spacial score (nSPS) is 15.9. The van der Waals surface area contributed by atoms with Gasteiger partial charge in [-0.05, 0) is 89.1 Å². The number of ether oxygens (including phenoxy) is 2. The molecule has 0 amide bonds. The molecule has 0 saturated carbocycles. The Hall–Kier alpha value is -2.92. The van der Waals surface area contributed by atoms with Gasteiger partial charge >= 0.3 is 6.18 Å². The highest BCUT2D eigenvalue weighted by Gasteiger charge is 2.34. The van der Waals surface area contributed by atoms with Gasteiger partial charge in [-0.2, -0.15) is 13.2 Å². The molecule has 0 bridgehead atoms. The first kappa shape index (κ1) is 23.8. The van der Waals surface area contributed by atoms with E-state index in [1.807, 2.05) is 12.1 Å². The quantitative estimate of drug-likeness (QED) is 0.256. The van der Waals surface area contributed by atoms with Crippen molar-refractivity contribution in [1.82, 2.24) is 0 Å². The Labute approximate surface area is 207 Å². The molecule has 6 heteroatoms. The minimum Gasteiger partial charge on any atom is -0.496 e. The lowest BCUT2D eigenvalue weighted by atomic mass is 9.77. The van der Waals surface area contributed by atoms with Crippen molar-refractivity contribution in [2.45, 2.75) is 44.2 Å². The van der Waals surface area contributed by atoms with E-state index in [0.29, 0.717) is 12.0 Å². The van der Waals surface area contributed by atoms with E-state index in [2.05, 4.69) is 24.3 Å². The van der Waals surface area contributed by atoms with Crippen LogP contribution >= 0.6 is 11.6 Å². The molecule has 1 unspecified atom stereocenters. The number of alkyl halides is 3. The first-order chi connectivity index (χ1) is 16.8. The van der Waals surface area contributed by atoms with Gasteiger partial charge in [0, 0.05) is 0 Å². The van der Waals surface area contributed by atoms with E-state index < -0.39 is 11.7 Å². The number of benzene rings is 4. The van der Waals surface area contributed by atoms with Crippen LogP contribution in [0.1, 0.15) is 47.4 Å². The lowest BCUT2D eigenvalue weighted by molar-refractivity contribution is -0.137. The molecule has 0 aliphatic heterocycles. The number of fused-ring (bicyclic) bond motifs is 5. The Balaban J connectivity index is 1.54. The standard InChI is InChI=1S/C29H26ClF3O2/c1-34-25-11-5-9-22-21-15-14-19-17(6-3-8-20(19)23(21)16-26(35-2)27(22)25)12-13-18-7-4-10-24(28(18)30)29(31,32)33/h4-5,7,9-11,14-17H,3,6,8,12-13H2,1-2H3. The first-order valence-corrected chi connectivity index (χ1v) is 12.1. The lowest BCUT2D eigenvalue weighted by Crippen LogP contribution is -2.12. The summed E-state index contributed by atoms with van der Waals surface area (Å²) in [5, 5.41) is 4.18. The highest BCUT2D eigenvalue weighted by atomic mass is 35.5. The topological polar surface area (TPSA) is 18.5 Å².